The van der Waals surface area contributed by atoms with Crippen molar-refractivity contribution in [2.75, 3.05) is 18.2 Å². The lowest BCUT2D eigenvalue weighted by atomic mass is 10.1. The summed E-state index contributed by atoms with van der Waals surface area (Å²) in [7, 11) is 1.46. The molecule has 2 rings (SSSR count). The average molecular weight is 302 g/mol. The van der Waals surface area contributed by atoms with Gasteiger partial charge in [0, 0.05) is 11.6 Å². The molecular formula is C15H12ClN3O2. The standard InChI is InChI=1S/C15H12ClN3O2/c1-21-14-6-9(8-17)2-5-13(14)19-15(20)10-3-4-12(18)11(16)7-10/h2-7H,18H2,1H3,(H,19,20). The normalized spacial score (nSPS) is 9.76. The van der Waals surface area contributed by atoms with Gasteiger partial charge >= 0.3 is 0 Å². The van der Waals surface area contributed by atoms with Crippen LogP contribution < -0.4 is 15.8 Å². The molecule has 0 aromatic heterocycles. The van der Waals surface area contributed by atoms with Gasteiger partial charge in [-0.05, 0) is 30.3 Å². The number of ether oxygens (including phenoxy) is 1. The van der Waals surface area contributed by atoms with Crippen molar-refractivity contribution < 1.29 is 9.53 Å². The maximum atomic E-state index is 12.2. The number of rotatable bonds is 3. The Morgan fingerprint density at radius 1 is 1.33 bits per heavy atom. The molecular weight excluding hydrogens is 290 g/mol. The number of carbonyl (C=O) groups excluding carboxylic acids is 1. The molecule has 5 nitrogen and oxygen atoms in total. The number of carbonyl (C=O) groups is 1. The Kier molecular flexibility index (Phi) is 4.31. The molecule has 21 heavy (non-hydrogen) atoms. The van der Waals surface area contributed by atoms with E-state index in [4.69, 9.17) is 27.3 Å². The highest BCUT2D eigenvalue weighted by molar-refractivity contribution is 6.33. The molecule has 0 aliphatic heterocycles. The Morgan fingerprint density at radius 2 is 2.10 bits per heavy atom. The van der Waals surface area contributed by atoms with Gasteiger partial charge in [0.25, 0.3) is 5.91 Å². The predicted molar refractivity (Wildman–Crippen MR) is 81.5 cm³/mol. The lowest BCUT2D eigenvalue weighted by Crippen LogP contribution is -2.13. The third kappa shape index (κ3) is 3.25. The number of halogens is 1. The molecule has 0 saturated heterocycles. The minimum atomic E-state index is -0.347. The summed E-state index contributed by atoms with van der Waals surface area (Å²) in [5.41, 5.74) is 7.30. The number of hydrogen-bond donors (Lipinski definition) is 2. The predicted octanol–water partition coefficient (Wildman–Crippen LogP) is 3.05. The number of nitrogens with zero attached hydrogens (tertiary/aromatic N) is 1. The van der Waals surface area contributed by atoms with Crippen LogP contribution in [-0.4, -0.2) is 13.0 Å². The third-order valence-electron chi connectivity index (χ3n) is 2.84. The molecule has 0 spiro atoms. The van der Waals surface area contributed by atoms with E-state index >= 15 is 0 Å². The molecule has 0 aliphatic carbocycles. The van der Waals surface area contributed by atoms with Crippen LogP contribution in [0.1, 0.15) is 15.9 Å². The molecule has 0 fully saturated rings. The lowest BCUT2D eigenvalue weighted by Gasteiger charge is -2.11. The molecule has 0 atom stereocenters. The van der Waals surface area contributed by atoms with Crippen molar-refractivity contribution in [3.63, 3.8) is 0 Å². The Labute approximate surface area is 126 Å². The van der Waals surface area contributed by atoms with E-state index in [1.807, 2.05) is 6.07 Å². The van der Waals surface area contributed by atoms with Gasteiger partial charge in [0.1, 0.15) is 5.75 Å². The molecule has 0 aliphatic rings. The van der Waals surface area contributed by atoms with E-state index in [0.29, 0.717) is 33.3 Å². The zero-order chi connectivity index (χ0) is 15.4. The molecule has 0 unspecified atom stereocenters. The second-order valence-electron chi connectivity index (χ2n) is 4.22. The summed E-state index contributed by atoms with van der Waals surface area (Å²) < 4.78 is 5.16. The summed E-state index contributed by atoms with van der Waals surface area (Å²) in [6, 6.07) is 11.4. The number of nitriles is 1. The van der Waals surface area contributed by atoms with Crippen LogP contribution in [-0.2, 0) is 0 Å². The largest absolute Gasteiger partial charge is 0.495 e. The summed E-state index contributed by atoms with van der Waals surface area (Å²) in [5, 5.41) is 11.9. The molecule has 6 heteroatoms. The van der Waals surface area contributed by atoms with E-state index in [0.717, 1.165) is 0 Å². The van der Waals surface area contributed by atoms with Crippen LogP contribution in [0, 0.1) is 11.3 Å². The maximum Gasteiger partial charge on any atom is 0.255 e. The van der Waals surface area contributed by atoms with Crippen molar-refractivity contribution >= 4 is 28.9 Å². The highest BCUT2D eigenvalue weighted by atomic mass is 35.5. The van der Waals surface area contributed by atoms with Gasteiger partial charge in [-0.15, -0.1) is 0 Å². The lowest BCUT2D eigenvalue weighted by molar-refractivity contribution is 0.102. The Bertz CT molecular complexity index is 738. The van der Waals surface area contributed by atoms with Crippen LogP contribution in [0.25, 0.3) is 0 Å². The summed E-state index contributed by atoms with van der Waals surface area (Å²) in [6.45, 7) is 0. The van der Waals surface area contributed by atoms with Gasteiger partial charge < -0.3 is 15.8 Å². The van der Waals surface area contributed by atoms with Gasteiger partial charge in [0.05, 0.1) is 35.1 Å². The second kappa shape index (κ2) is 6.16. The Morgan fingerprint density at radius 3 is 2.71 bits per heavy atom. The molecule has 0 heterocycles. The van der Waals surface area contributed by atoms with Gasteiger partial charge in [-0.1, -0.05) is 11.6 Å². The first-order valence-corrected chi connectivity index (χ1v) is 6.37. The van der Waals surface area contributed by atoms with Crippen molar-refractivity contribution in [2.45, 2.75) is 0 Å². The number of nitrogen functional groups attached to an aromatic ring is 1. The Hall–Kier alpha value is -2.71. The van der Waals surface area contributed by atoms with Crippen LogP contribution >= 0.6 is 11.6 Å². The molecule has 0 bridgehead atoms. The average Bonchev–Trinajstić information content (AvgIpc) is 2.50. The van der Waals surface area contributed by atoms with Crippen LogP contribution in [0.5, 0.6) is 5.75 Å². The number of hydrogen-bond acceptors (Lipinski definition) is 4. The van der Waals surface area contributed by atoms with Crippen LogP contribution in [0.4, 0.5) is 11.4 Å². The molecule has 1 amide bonds. The van der Waals surface area contributed by atoms with Crippen molar-refractivity contribution in [2.24, 2.45) is 0 Å². The smallest absolute Gasteiger partial charge is 0.255 e. The van der Waals surface area contributed by atoms with Gasteiger partial charge in [0.15, 0.2) is 0 Å². The van der Waals surface area contributed by atoms with E-state index in [1.54, 1.807) is 30.3 Å². The number of nitrogens with two attached hydrogens (primary N) is 1. The second-order valence-corrected chi connectivity index (χ2v) is 4.62. The molecule has 3 N–H and O–H groups in total. The highest BCUT2D eigenvalue weighted by Gasteiger charge is 2.11. The summed E-state index contributed by atoms with van der Waals surface area (Å²) in [4.78, 5) is 12.2. The number of nitrogens with one attached hydrogen (secondary N) is 1. The van der Waals surface area contributed by atoms with E-state index in [1.165, 1.54) is 13.2 Å². The minimum absolute atomic E-state index is 0.314. The number of methoxy groups -OCH3 is 1. The van der Waals surface area contributed by atoms with Crippen molar-refractivity contribution in [1.29, 1.82) is 5.26 Å². The van der Waals surface area contributed by atoms with Crippen molar-refractivity contribution in [3.05, 3.63) is 52.5 Å². The van der Waals surface area contributed by atoms with E-state index in [2.05, 4.69) is 5.32 Å². The Balaban J connectivity index is 2.27. The summed E-state index contributed by atoms with van der Waals surface area (Å²) >= 11 is 5.89. The summed E-state index contributed by atoms with van der Waals surface area (Å²) in [6.07, 6.45) is 0. The van der Waals surface area contributed by atoms with Crippen molar-refractivity contribution in [3.8, 4) is 11.8 Å². The first-order chi connectivity index (χ1) is 10.0. The first kappa shape index (κ1) is 14.7. The van der Waals surface area contributed by atoms with Crippen LogP contribution in [0.2, 0.25) is 5.02 Å². The number of anilines is 2. The van der Waals surface area contributed by atoms with Gasteiger partial charge in [-0.3, -0.25) is 4.79 Å². The maximum absolute atomic E-state index is 12.2. The van der Waals surface area contributed by atoms with Crippen LogP contribution in [0.15, 0.2) is 36.4 Å². The fraction of sp³-hybridized carbons (Fsp3) is 0.0667. The van der Waals surface area contributed by atoms with Gasteiger partial charge in [-0.2, -0.15) is 5.26 Å². The molecule has 2 aromatic carbocycles. The highest BCUT2D eigenvalue weighted by Crippen LogP contribution is 2.26. The zero-order valence-corrected chi connectivity index (χ0v) is 11.9. The number of benzene rings is 2. The molecule has 0 radical (unpaired) electrons. The fourth-order valence-corrected chi connectivity index (χ4v) is 1.91. The molecule has 106 valence electrons. The van der Waals surface area contributed by atoms with Crippen molar-refractivity contribution in [1.82, 2.24) is 0 Å². The zero-order valence-electron chi connectivity index (χ0n) is 11.2. The fourth-order valence-electron chi connectivity index (χ4n) is 1.73. The van der Waals surface area contributed by atoms with E-state index < -0.39 is 0 Å². The minimum Gasteiger partial charge on any atom is -0.495 e. The van der Waals surface area contributed by atoms with Gasteiger partial charge in [0.2, 0.25) is 0 Å². The van der Waals surface area contributed by atoms with Crippen LogP contribution in [0.3, 0.4) is 0 Å². The monoisotopic (exact) mass is 301 g/mol. The van der Waals surface area contributed by atoms with Gasteiger partial charge in [-0.25, -0.2) is 0 Å². The molecule has 0 saturated carbocycles. The summed E-state index contributed by atoms with van der Waals surface area (Å²) in [5.74, 6) is 0.0591. The topological polar surface area (TPSA) is 88.1 Å². The van der Waals surface area contributed by atoms with E-state index in [-0.39, 0.29) is 5.91 Å². The first-order valence-electron chi connectivity index (χ1n) is 5.99. The van der Waals surface area contributed by atoms with E-state index in [9.17, 15) is 4.79 Å². The molecule has 2 aromatic rings. The third-order valence-corrected chi connectivity index (χ3v) is 3.17. The number of amides is 1. The SMILES string of the molecule is COc1cc(C#N)ccc1NC(=O)c1ccc(N)c(Cl)c1. The quantitative estimate of drug-likeness (QED) is 0.853.